The third kappa shape index (κ3) is 3.12. The molecule has 0 aliphatic carbocycles. The molecule has 18 heavy (non-hydrogen) atoms. The fraction of sp³-hybridized carbons (Fsp3) is 0.467. The van der Waals surface area contributed by atoms with Crippen molar-refractivity contribution in [3.05, 3.63) is 36.0 Å². The van der Waals surface area contributed by atoms with E-state index in [9.17, 15) is 0 Å². The number of aliphatic hydroxyl groups excluding tert-OH is 1. The molecule has 0 unspecified atom stereocenters. The fourth-order valence-electron chi connectivity index (χ4n) is 2.21. The molecule has 1 aromatic carbocycles. The second-order valence-electron chi connectivity index (χ2n) is 4.66. The van der Waals surface area contributed by atoms with Gasteiger partial charge in [0.05, 0.1) is 0 Å². The Morgan fingerprint density at radius 3 is 2.94 bits per heavy atom. The van der Waals surface area contributed by atoms with Crippen molar-refractivity contribution >= 4 is 10.9 Å². The van der Waals surface area contributed by atoms with Gasteiger partial charge in [0, 0.05) is 31.4 Å². The Kier molecular flexibility index (Phi) is 4.79. The number of hydrogen-bond acceptors (Lipinski definition) is 2. The lowest BCUT2D eigenvalue weighted by atomic mass is 10.1. The first-order chi connectivity index (χ1) is 8.85. The van der Waals surface area contributed by atoms with E-state index in [1.165, 1.54) is 22.9 Å². The van der Waals surface area contributed by atoms with Crippen LogP contribution in [0.25, 0.3) is 10.9 Å². The molecule has 0 fully saturated rings. The van der Waals surface area contributed by atoms with Crippen LogP contribution < -0.4 is 5.32 Å². The van der Waals surface area contributed by atoms with Crippen molar-refractivity contribution in [1.82, 2.24) is 9.88 Å². The van der Waals surface area contributed by atoms with Gasteiger partial charge < -0.3 is 15.0 Å². The van der Waals surface area contributed by atoms with Gasteiger partial charge in [-0.2, -0.15) is 0 Å². The highest BCUT2D eigenvalue weighted by molar-refractivity contribution is 5.80. The van der Waals surface area contributed by atoms with E-state index in [4.69, 9.17) is 5.11 Å². The minimum atomic E-state index is 0.249. The molecular formula is C15H22N2O. The lowest BCUT2D eigenvalue weighted by Gasteiger charge is -2.06. The van der Waals surface area contributed by atoms with Crippen LogP contribution in [-0.2, 0) is 13.1 Å². The monoisotopic (exact) mass is 246 g/mol. The van der Waals surface area contributed by atoms with Gasteiger partial charge in [-0.1, -0.05) is 13.0 Å². The number of nitrogens with zero attached hydrogens (tertiary/aromatic N) is 1. The van der Waals surface area contributed by atoms with Crippen molar-refractivity contribution in [2.45, 2.75) is 32.9 Å². The number of aromatic nitrogens is 1. The Hall–Kier alpha value is -1.32. The van der Waals surface area contributed by atoms with Crippen LogP contribution in [0, 0.1) is 0 Å². The number of nitrogens with one attached hydrogen (secondary N) is 1. The number of benzene rings is 1. The Labute approximate surface area is 108 Å². The molecule has 0 saturated heterocycles. The number of aliphatic hydroxyl groups is 1. The zero-order chi connectivity index (χ0) is 12.8. The van der Waals surface area contributed by atoms with Gasteiger partial charge in [-0.3, -0.25) is 0 Å². The summed E-state index contributed by atoms with van der Waals surface area (Å²) in [5, 5.41) is 13.6. The highest BCUT2D eigenvalue weighted by atomic mass is 16.3. The number of aryl methyl sites for hydroxylation is 1. The molecule has 2 N–H and O–H groups in total. The third-order valence-corrected chi connectivity index (χ3v) is 3.15. The van der Waals surface area contributed by atoms with Gasteiger partial charge in [0.15, 0.2) is 0 Å². The Balaban J connectivity index is 2.10. The van der Waals surface area contributed by atoms with E-state index < -0.39 is 0 Å². The SMILES string of the molecule is CCCNCc1ccc2c(ccn2CCCO)c1. The number of fused-ring (bicyclic) bond motifs is 1. The van der Waals surface area contributed by atoms with Gasteiger partial charge in [-0.25, -0.2) is 0 Å². The summed E-state index contributed by atoms with van der Waals surface area (Å²) in [5.74, 6) is 0. The topological polar surface area (TPSA) is 37.2 Å². The van der Waals surface area contributed by atoms with E-state index >= 15 is 0 Å². The van der Waals surface area contributed by atoms with Crippen molar-refractivity contribution in [2.75, 3.05) is 13.2 Å². The van der Waals surface area contributed by atoms with Crippen molar-refractivity contribution in [2.24, 2.45) is 0 Å². The summed E-state index contributed by atoms with van der Waals surface area (Å²) < 4.78 is 2.20. The molecule has 0 aliphatic rings. The highest BCUT2D eigenvalue weighted by Crippen LogP contribution is 2.18. The van der Waals surface area contributed by atoms with Crippen LogP contribution in [0.5, 0.6) is 0 Å². The molecule has 98 valence electrons. The zero-order valence-corrected chi connectivity index (χ0v) is 11.0. The second kappa shape index (κ2) is 6.57. The van der Waals surface area contributed by atoms with Gasteiger partial charge in [0.25, 0.3) is 0 Å². The molecule has 0 bridgehead atoms. The fourth-order valence-corrected chi connectivity index (χ4v) is 2.21. The average molecular weight is 246 g/mol. The standard InChI is InChI=1S/C15H22N2O/c1-2-7-16-12-13-4-5-15-14(11-13)6-9-17(15)8-3-10-18/h4-6,9,11,16,18H,2-3,7-8,10,12H2,1H3. The van der Waals surface area contributed by atoms with Crippen LogP contribution in [0.1, 0.15) is 25.3 Å². The largest absolute Gasteiger partial charge is 0.396 e. The molecule has 0 amide bonds. The molecule has 1 heterocycles. The minimum absolute atomic E-state index is 0.249. The number of hydrogen-bond donors (Lipinski definition) is 2. The molecule has 0 saturated carbocycles. The van der Waals surface area contributed by atoms with Crippen molar-refractivity contribution < 1.29 is 5.11 Å². The van der Waals surface area contributed by atoms with Crippen molar-refractivity contribution in [1.29, 1.82) is 0 Å². The van der Waals surface area contributed by atoms with Gasteiger partial charge in [-0.15, -0.1) is 0 Å². The van der Waals surface area contributed by atoms with E-state index in [1.54, 1.807) is 0 Å². The molecule has 0 aliphatic heterocycles. The first-order valence-corrected chi connectivity index (χ1v) is 6.74. The lowest BCUT2D eigenvalue weighted by molar-refractivity contribution is 0.280. The summed E-state index contributed by atoms with van der Waals surface area (Å²) in [6.07, 6.45) is 4.08. The molecule has 2 rings (SSSR count). The van der Waals surface area contributed by atoms with E-state index in [2.05, 4.69) is 47.3 Å². The van der Waals surface area contributed by atoms with Gasteiger partial charge in [0.2, 0.25) is 0 Å². The summed E-state index contributed by atoms with van der Waals surface area (Å²) in [5.41, 5.74) is 2.58. The van der Waals surface area contributed by atoms with E-state index in [0.717, 1.165) is 26.1 Å². The molecule has 0 spiro atoms. The minimum Gasteiger partial charge on any atom is -0.396 e. The van der Waals surface area contributed by atoms with Crippen molar-refractivity contribution in [3.63, 3.8) is 0 Å². The summed E-state index contributed by atoms with van der Waals surface area (Å²) in [4.78, 5) is 0. The van der Waals surface area contributed by atoms with E-state index in [-0.39, 0.29) is 6.61 Å². The smallest absolute Gasteiger partial charge is 0.0480 e. The molecule has 3 nitrogen and oxygen atoms in total. The molecule has 3 heteroatoms. The van der Waals surface area contributed by atoms with Gasteiger partial charge >= 0.3 is 0 Å². The summed E-state index contributed by atoms with van der Waals surface area (Å²) in [6, 6.07) is 8.75. The molecule has 0 radical (unpaired) electrons. The maximum absolute atomic E-state index is 8.88. The van der Waals surface area contributed by atoms with Gasteiger partial charge in [0.1, 0.15) is 0 Å². The highest BCUT2D eigenvalue weighted by Gasteiger charge is 2.01. The zero-order valence-electron chi connectivity index (χ0n) is 11.0. The first-order valence-electron chi connectivity index (χ1n) is 6.74. The second-order valence-corrected chi connectivity index (χ2v) is 4.66. The Morgan fingerprint density at radius 2 is 2.17 bits per heavy atom. The van der Waals surface area contributed by atoms with Crippen LogP contribution in [0.3, 0.4) is 0 Å². The van der Waals surface area contributed by atoms with Crippen LogP contribution in [0.4, 0.5) is 0 Å². The quantitative estimate of drug-likeness (QED) is 0.737. The van der Waals surface area contributed by atoms with Crippen LogP contribution in [-0.4, -0.2) is 22.8 Å². The average Bonchev–Trinajstić information content (AvgIpc) is 2.79. The molecule has 2 aromatic rings. The maximum Gasteiger partial charge on any atom is 0.0480 e. The summed E-state index contributed by atoms with van der Waals surface area (Å²) in [6.45, 7) is 5.31. The lowest BCUT2D eigenvalue weighted by Crippen LogP contribution is -2.13. The molecule has 1 aromatic heterocycles. The maximum atomic E-state index is 8.88. The third-order valence-electron chi connectivity index (χ3n) is 3.15. The van der Waals surface area contributed by atoms with Crippen LogP contribution >= 0.6 is 0 Å². The Bertz CT molecular complexity index is 490. The summed E-state index contributed by atoms with van der Waals surface area (Å²) in [7, 11) is 0. The van der Waals surface area contributed by atoms with Crippen LogP contribution in [0.2, 0.25) is 0 Å². The summed E-state index contributed by atoms with van der Waals surface area (Å²) >= 11 is 0. The van der Waals surface area contributed by atoms with Crippen LogP contribution in [0.15, 0.2) is 30.5 Å². The number of rotatable bonds is 7. The predicted octanol–water partition coefficient (Wildman–Crippen LogP) is 2.52. The van der Waals surface area contributed by atoms with Crippen molar-refractivity contribution in [3.8, 4) is 0 Å². The first kappa shape index (κ1) is 13.1. The Morgan fingerprint density at radius 1 is 1.28 bits per heavy atom. The predicted molar refractivity (Wildman–Crippen MR) is 75.6 cm³/mol. The van der Waals surface area contributed by atoms with E-state index in [1.807, 2.05) is 0 Å². The normalized spacial score (nSPS) is 11.2. The molecular weight excluding hydrogens is 224 g/mol. The molecule has 0 atom stereocenters. The van der Waals surface area contributed by atoms with Gasteiger partial charge in [-0.05, 0) is 48.5 Å². The van der Waals surface area contributed by atoms with E-state index in [0.29, 0.717) is 0 Å².